The van der Waals surface area contributed by atoms with Crippen LogP contribution in [0.5, 0.6) is 0 Å². The number of esters is 1. The summed E-state index contributed by atoms with van der Waals surface area (Å²) in [4.78, 5) is 47.6. The summed E-state index contributed by atoms with van der Waals surface area (Å²) in [5.74, 6) is -2.53. The minimum absolute atomic E-state index is 0.0663. The van der Waals surface area contributed by atoms with Crippen molar-refractivity contribution in [1.82, 2.24) is 10.2 Å². The van der Waals surface area contributed by atoms with Crippen molar-refractivity contribution < 1.29 is 71.2 Å². The fraction of sp³-hybridized carbons (Fsp3) is 0.783. The van der Waals surface area contributed by atoms with E-state index < -0.39 is 108 Å². The van der Waals surface area contributed by atoms with E-state index >= 15 is 0 Å². The van der Waals surface area contributed by atoms with Gasteiger partial charge in [0.2, 0.25) is 0 Å². The molecule has 4 fully saturated rings. The van der Waals surface area contributed by atoms with Crippen LogP contribution in [0.2, 0.25) is 0 Å². The van der Waals surface area contributed by atoms with Crippen LogP contribution < -0.4 is 5.32 Å². The van der Waals surface area contributed by atoms with Crippen molar-refractivity contribution in [3.8, 4) is 0 Å². The van der Waals surface area contributed by atoms with Crippen LogP contribution >= 0.6 is 0 Å². The number of benzene rings is 1. The van der Waals surface area contributed by atoms with Gasteiger partial charge in [0.05, 0.1) is 30.3 Å². The third-order valence-electron chi connectivity index (χ3n) is 13.9. The highest BCUT2D eigenvalue weighted by Crippen LogP contribution is 2.45. The number of rotatable bonds is 10. The summed E-state index contributed by atoms with van der Waals surface area (Å²) < 4.78 is 76.9. The molecule has 5 heterocycles. The van der Waals surface area contributed by atoms with Gasteiger partial charge in [-0.1, -0.05) is 32.9 Å². The number of amides is 1. The second-order valence-corrected chi connectivity index (χ2v) is 19.3. The molecule has 0 unspecified atom stereocenters. The maximum atomic E-state index is 14.6. The number of fused-ring (bicyclic) bond motifs is 3. The summed E-state index contributed by atoms with van der Waals surface area (Å²) in [6.45, 7) is 18.4. The molecule has 1 aromatic rings. The Morgan fingerprint density at radius 1 is 0.969 bits per heavy atom. The van der Waals surface area contributed by atoms with Crippen molar-refractivity contribution >= 4 is 24.1 Å². The molecule has 2 N–H and O–H groups in total. The number of aliphatic hydroxyl groups excluding tert-OH is 1. The van der Waals surface area contributed by atoms with E-state index in [-0.39, 0.29) is 43.3 Å². The van der Waals surface area contributed by atoms with Gasteiger partial charge in [-0.2, -0.15) is 0 Å². The first-order valence-corrected chi connectivity index (χ1v) is 22.6. The highest BCUT2D eigenvalue weighted by atomic mass is 19.1. The van der Waals surface area contributed by atoms with Gasteiger partial charge in [0.1, 0.15) is 35.3 Å². The van der Waals surface area contributed by atoms with E-state index in [9.17, 15) is 23.9 Å². The lowest BCUT2D eigenvalue weighted by atomic mass is 9.79. The lowest BCUT2D eigenvalue weighted by Gasteiger charge is -2.49. The second kappa shape index (κ2) is 19.7. The van der Waals surface area contributed by atoms with Crippen molar-refractivity contribution in [1.29, 1.82) is 0 Å². The summed E-state index contributed by atoms with van der Waals surface area (Å²) in [6, 6.07) is 4.81. The highest BCUT2D eigenvalue weighted by Gasteiger charge is 2.59. The topological polar surface area (TPSA) is 191 Å². The Morgan fingerprint density at radius 3 is 2.30 bits per heavy atom. The number of halogens is 1. The SMILES string of the molecule is CC[C@H]1OC(=O)[C@H](C)[C@@H](O[C@H]2C[C@@](C)(OC)[C@@H](OC(=O)NCc3ccc(F)cc3)[C@H](C)O2)[C@H](C)[C@@H](O[C@@H]2O[C@H](C)C[C@H](N(C)C)[C@H]2O)[C@@]2(C)C[C@@H](C)C(=N[C@H](C)[C@H]3OC(=O)O[C@]31C)O2. The quantitative estimate of drug-likeness (QED) is 0.216. The van der Waals surface area contributed by atoms with Crippen molar-refractivity contribution in [3.05, 3.63) is 35.6 Å². The zero-order chi connectivity index (χ0) is 47.1. The molecule has 4 saturated heterocycles. The molecule has 0 saturated carbocycles. The summed E-state index contributed by atoms with van der Waals surface area (Å²) in [5.41, 5.74) is -2.98. The largest absolute Gasteiger partial charge is 0.509 e. The number of carbonyl (C=O) groups is 3. The van der Waals surface area contributed by atoms with Crippen molar-refractivity contribution in [2.24, 2.45) is 22.7 Å². The normalized spacial score (nSPS) is 42.9. The third-order valence-corrected chi connectivity index (χ3v) is 13.9. The summed E-state index contributed by atoms with van der Waals surface area (Å²) in [6.07, 6.45) is -9.13. The smallest absolute Gasteiger partial charge is 0.472 e. The van der Waals surface area contributed by atoms with Crippen LogP contribution in [0.1, 0.15) is 100 Å². The van der Waals surface area contributed by atoms with Crippen LogP contribution in [-0.4, -0.2) is 146 Å². The molecule has 17 nitrogen and oxygen atoms in total. The van der Waals surface area contributed by atoms with Crippen molar-refractivity contribution in [2.45, 2.75) is 192 Å². The van der Waals surface area contributed by atoms with Gasteiger partial charge in [0, 0.05) is 44.4 Å². The number of ether oxygens (including phenoxy) is 10. The van der Waals surface area contributed by atoms with E-state index in [1.165, 1.54) is 19.2 Å². The number of cyclic esters (lactones) is 1. The minimum Gasteiger partial charge on any atom is -0.472 e. The fourth-order valence-electron chi connectivity index (χ4n) is 10.4. The Kier molecular flexibility index (Phi) is 15.3. The van der Waals surface area contributed by atoms with E-state index in [4.69, 9.17) is 52.4 Å². The Hall–Kier alpha value is -3.65. The number of likely N-dealkylation sites (N-methyl/N-ethyl adjacent to an activating group) is 1. The number of aliphatic hydroxyl groups is 1. The first-order valence-electron chi connectivity index (χ1n) is 22.6. The monoisotopic (exact) mass is 907 g/mol. The molecule has 2 bridgehead atoms. The predicted octanol–water partition coefficient (Wildman–Crippen LogP) is 5.66. The molecule has 0 aromatic heterocycles. The number of hydrogen-bond donors (Lipinski definition) is 2. The van der Waals surface area contributed by atoms with Crippen molar-refractivity contribution in [2.75, 3.05) is 21.2 Å². The number of hydrogen-bond acceptors (Lipinski definition) is 16. The van der Waals surface area contributed by atoms with E-state index in [0.29, 0.717) is 24.3 Å². The molecule has 5 aliphatic rings. The Labute approximate surface area is 376 Å². The van der Waals surface area contributed by atoms with E-state index in [0.717, 1.165) is 0 Å². The van der Waals surface area contributed by atoms with Gasteiger partial charge in [0.25, 0.3) is 0 Å². The van der Waals surface area contributed by atoms with Gasteiger partial charge in [-0.05, 0) is 93.1 Å². The summed E-state index contributed by atoms with van der Waals surface area (Å²) >= 11 is 0. The summed E-state index contributed by atoms with van der Waals surface area (Å²) in [7, 11) is 5.30. The molecule has 6 rings (SSSR count). The molecule has 0 spiro atoms. The molecule has 5 aliphatic heterocycles. The molecule has 0 radical (unpaired) electrons. The first kappa shape index (κ1) is 49.8. The molecule has 18 atom stereocenters. The van der Waals surface area contributed by atoms with E-state index in [1.54, 1.807) is 46.8 Å². The number of aliphatic imine (C=N–C) groups is 1. The van der Waals surface area contributed by atoms with Crippen molar-refractivity contribution in [3.63, 3.8) is 0 Å². The Balaban J connectivity index is 1.35. The second-order valence-electron chi connectivity index (χ2n) is 19.3. The van der Waals surface area contributed by atoms with Gasteiger partial charge in [-0.3, -0.25) is 4.79 Å². The van der Waals surface area contributed by atoms with Crippen LogP contribution in [0.3, 0.4) is 0 Å². The Bertz CT molecular complexity index is 1840. The first-order chi connectivity index (χ1) is 30.0. The zero-order valence-electron chi connectivity index (χ0n) is 39.5. The molecule has 0 aliphatic carbocycles. The zero-order valence-corrected chi connectivity index (χ0v) is 39.5. The van der Waals surface area contributed by atoms with Gasteiger partial charge in [-0.15, -0.1) is 0 Å². The maximum absolute atomic E-state index is 14.6. The molecule has 1 amide bonds. The molecular weight excluding hydrogens is 838 g/mol. The average molecular weight is 908 g/mol. The predicted molar refractivity (Wildman–Crippen MR) is 228 cm³/mol. The molecular formula is C46H70FN3O14. The lowest BCUT2D eigenvalue weighted by Crippen LogP contribution is -2.61. The average Bonchev–Trinajstić information content (AvgIpc) is 3.71. The van der Waals surface area contributed by atoms with Gasteiger partial charge >= 0.3 is 18.2 Å². The number of nitrogens with one attached hydrogen (secondary N) is 1. The van der Waals surface area contributed by atoms with Crippen LogP contribution in [0.15, 0.2) is 29.3 Å². The van der Waals surface area contributed by atoms with Crippen LogP contribution in [0.4, 0.5) is 14.0 Å². The molecule has 1 aromatic carbocycles. The number of carbonyl (C=O) groups excluding carboxylic acids is 3. The van der Waals surface area contributed by atoms with Crippen LogP contribution in [0.25, 0.3) is 0 Å². The van der Waals surface area contributed by atoms with Gasteiger partial charge < -0.3 is 62.7 Å². The Morgan fingerprint density at radius 2 is 1.66 bits per heavy atom. The number of nitrogens with zero attached hydrogens (tertiary/aromatic N) is 2. The number of alkyl carbamates (subject to hydrolysis) is 1. The van der Waals surface area contributed by atoms with Crippen LogP contribution in [-0.2, 0) is 58.7 Å². The van der Waals surface area contributed by atoms with Crippen LogP contribution in [0, 0.1) is 23.6 Å². The fourth-order valence-corrected chi connectivity index (χ4v) is 10.4. The molecule has 64 heavy (non-hydrogen) atoms. The molecule has 360 valence electrons. The van der Waals surface area contributed by atoms with Gasteiger partial charge in [-0.25, -0.2) is 19.0 Å². The highest BCUT2D eigenvalue weighted by molar-refractivity contribution is 5.81. The minimum atomic E-state index is -1.40. The van der Waals surface area contributed by atoms with E-state index in [1.807, 2.05) is 53.6 Å². The maximum Gasteiger partial charge on any atom is 0.509 e. The third kappa shape index (κ3) is 10.3. The standard InChI is InChI=1S/C46H70FN3O14/c1-14-32-46(10)37(62-43(54)64-46)27(6)49-39-23(2)20-45(9,63-39)36(60-41-34(51)31(50(11)12)19-24(3)56-41)25(4)35(26(5)40(52)58-32)59-33-21-44(8,55-13)38(28(7)57-33)61-42(53)48-22-29-15-17-30(47)18-16-29/h15-18,23-28,31-38,41,51H,14,19-22H2,1-13H3,(H,48,53)/t23-,24-,25+,26-,27-,28+,31+,32-,33+,34-,35+,36-,37-,38+,41+,44-,45-,46+/m1/s1. The van der Waals surface area contributed by atoms with E-state index in [2.05, 4.69) is 5.32 Å². The summed E-state index contributed by atoms with van der Waals surface area (Å²) in [5, 5.41) is 14.5. The molecule has 18 heteroatoms. The lowest BCUT2D eigenvalue weighted by molar-refractivity contribution is -0.315. The number of methoxy groups -OCH3 is 1. The van der Waals surface area contributed by atoms with Gasteiger partial charge in [0.15, 0.2) is 36.3 Å².